The lowest BCUT2D eigenvalue weighted by molar-refractivity contribution is -0.137. The van der Waals surface area contributed by atoms with E-state index in [-0.39, 0.29) is 17.7 Å². The summed E-state index contributed by atoms with van der Waals surface area (Å²) in [7, 11) is 0. The number of nitrogens with zero attached hydrogens (tertiary/aromatic N) is 3. The summed E-state index contributed by atoms with van der Waals surface area (Å²) in [5, 5.41) is 16.4. The molecule has 4 rings (SSSR count). The Bertz CT molecular complexity index is 1340. The minimum Gasteiger partial charge on any atom is -0.344 e. The lowest BCUT2D eigenvalue weighted by Crippen LogP contribution is -2.22. The minimum atomic E-state index is -4.36. The number of H-pyrrole nitrogens is 1. The van der Waals surface area contributed by atoms with Gasteiger partial charge in [-0.05, 0) is 78.4 Å². The number of thiophene rings is 1. The number of hydrogen-bond acceptors (Lipinski definition) is 6. The van der Waals surface area contributed by atoms with Gasteiger partial charge in [0.2, 0.25) is 0 Å². The number of halogens is 3. The molecule has 6 nitrogen and oxygen atoms in total. The highest BCUT2D eigenvalue weighted by atomic mass is 32.2. The summed E-state index contributed by atoms with van der Waals surface area (Å²) in [6.07, 6.45) is -4.36. The lowest BCUT2D eigenvalue weighted by Gasteiger charge is -2.21. The van der Waals surface area contributed by atoms with Crippen molar-refractivity contribution < 1.29 is 18.0 Å². The minimum absolute atomic E-state index is 0.125. The number of aryl methyl sites for hydroxylation is 2. The zero-order chi connectivity index (χ0) is 26.7. The summed E-state index contributed by atoms with van der Waals surface area (Å²) in [5.74, 6) is 0.515. The van der Waals surface area contributed by atoms with E-state index in [0.29, 0.717) is 16.6 Å². The molecule has 1 amide bonds. The Balaban J connectivity index is 1.51. The van der Waals surface area contributed by atoms with Gasteiger partial charge in [0.1, 0.15) is 0 Å². The number of tetrazole rings is 1. The van der Waals surface area contributed by atoms with Gasteiger partial charge < -0.3 is 5.32 Å². The van der Waals surface area contributed by atoms with Crippen LogP contribution in [0.1, 0.15) is 56.2 Å². The molecule has 0 aliphatic carbocycles. The first-order chi connectivity index (χ1) is 17.5. The molecule has 0 aliphatic heterocycles. The lowest BCUT2D eigenvalue weighted by atomic mass is 9.95. The van der Waals surface area contributed by atoms with Crippen LogP contribution in [-0.4, -0.2) is 26.5 Å². The van der Waals surface area contributed by atoms with Crippen molar-refractivity contribution in [1.82, 2.24) is 25.9 Å². The van der Waals surface area contributed by atoms with Gasteiger partial charge in [-0.2, -0.15) is 18.4 Å². The number of amides is 1. The predicted octanol–water partition coefficient (Wildman–Crippen LogP) is 6.98. The van der Waals surface area contributed by atoms with Crippen molar-refractivity contribution in [3.8, 4) is 11.1 Å². The molecule has 0 saturated carbocycles. The molecule has 0 spiro atoms. The van der Waals surface area contributed by atoms with Crippen LogP contribution >= 0.6 is 23.1 Å². The molecule has 37 heavy (non-hydrogen) atoms. The number of aromatic amines is 1. The van der Waals surface area contributed by atoms with Crippen LogP contribution < -0.4 is 5.32 Å². The van der Waals surface area contributed by atoms with Gasteiger partial charge in [0.05, 0.1) is 17.0 Å². The zero-order valence-electron chi connectivity index (χ0n) is 20.7. The third-order valence-electron chi connectivity index (χ3n) is 5.80. The fourth-order valence-electron chi connectivity index (χ4n) is 4.07. The van der Waals surface area contributed by atoms with E-state index in [2.05, 4.69) is 51.9 Å². The van der Waals surface area contributed by atoms with E-state index in [9.17, 15) is 18.0 Å². The molecule has 0 bridgehead atoms. The second kappa shape index (κ2) is 11.1. The van der Waals surface area contributed by atoms with Crippen molar-refractivity contribution in [2.24, 2.45) is 5.92 Å². The van der Waals surface area contributed by atoms with E-state index in [1.165, 1.54) is 23.5 Å². The number of hydrogen-bond donors (Lipinski definition) is 2. The fourth-order valence-corrected chi connectivity index (χ4v) is 6.69. The zero-order valence-corrected chi connectivity index (χ0v) is 22.3. The molecule has 2 N–H and O–H groups in total. The average Bonchev–Trinajstić information content (AvgIpc) is 3.53. The maximum atomic E-state index is 13.0. The van der Waals surface area contributed by atoms with E-state index >= 15 is 0 Å². The van der Waals surface area contributed by atoms with Crippen LogP contribution in [0, 0.1) is 19.8 Å². The highest BCUT2D eigenvalue weighted by Crippen LogP contribution is 2.45. The van der Waals surface area contributed by atoms with Gasteiger partial charge in [0.15, 0.2) is 5.82 Å². The molecule has 0 aliphatic rings. The first kappa shape index (κ1) is 26.9. The maximum Gasteiger partial charge on any atom is 0.416 e. The average molecular weight is 546 g/mol. The van der Waals surface area contributed by atoms with Gasteiger partial charge in [-0.15, -0.1) is 33.3 Å². The van der Waals surface area contributed by atoms with E-state index < -0.39 is 11.7 Å². The number of thioether (sulfide) groups is 1. The largest absolute Gasteiger partial charge is 0.416 e. The molecule has 0 radical (unpaired) electrons. The van der Waals surface area contributed by atoms with Crippen LogP contribution in [0.25, 0.3) is 11.1 Å². The van der Waals surface area contributed by atoms with Gasteiger partial charge in [0.25, 0.3) is 5.91 Å². The molecule has 2 heterocycles. The number of benzene rings is 2. The molecule has 2 aromatic heterocycles. The number of carbonyl (C=O) groups is 1. The summed E-state index contributed by atoms with van der Waals surface area (Å²) in [5.41, 5.74) is 3.04. The monoisotopic (exact) mass is 545 g/mol. The van der Waals surface area contributed by atoms with Gasteiger partial charge in [-0.25, -0.2) is 0 Å². The number of nitrogens with one attached hydrogen (secondary N) is 2. The molecule has 2 aromatic carbocycles. The third kappa shape index (κ3) is 6.40. The summed E-state index contributed by atoms with van der Waals surface area (Å²) in [6.45, 7) is 8.43. The van der Waals surface area contributed by atoms with Crippen LogP contribution in [0.4, 0.5) is 13.2 Å². The molecule has 11 heteroatoms. The van der Waals surface area contributed by atoms with Gasteiger partial charge in [0, 0.05) is 15.0 Å². The van der Waals surface area contributed by atoms with E-state index in [0.717, 1.165) is 44.2 Å². The van der Waals surface area contributed by atoms with Crippen LogP contribution in [-0.2, 0) is 12.7 Å². The molecule has 1 atom stereocenters. The fraction of sp³-hybridized carbons (Fsp3) is 0.308. The van der Waals surface area contributed by atoms with Crippen molar-refractivity contribution in [2.75, 3.05) is 0 Å². The Kier molecular flexibility index (Phi) is 8.03. The maximum absolute atomic E-state index is 13.0. The quantitative estimate of drug-likeness (QED) is 0.233. The van der Waals surface area contributed by atoms with E-state index in [1.54, 1.807) is 11.8 Å². The van der Waals surface area contributed by atoms with Crippen molar-refractivity contribution >= 4 is 29.0 Å². The van der Waals surface area contributed by atoms with Crippen LogP contribution in [0.2, 0.25) is 0 Å². The van der Waals surface area contributed by atoms with Crippen LogP contribution in [0.3, 0.4) is 0 Å². The highest BCUT2D eigenvalue weighted by molar-refractivity contribution is 7.99. The van der Waals surface area contributed by atoms with Crippen molar-refractivity contribution in [3.63, 3.8) is 0 Å². The highest BCUT2D eigenvalue weighted by Gasteiger charge is 2.30. The first-order valence-electron chi connectivity index (χ1n) is 11.6. The Morgan fingerprint density at radius 2 is 1.76 bits per heavy atom. The Morgan fingerprint density at radius 1 is 1.08 bits per heavy atom. The second-order valence-electron chi connectivity index (χ2n) is 9.00. The van der Waals surface area contributed by atoms with Crippen molar-refractivity contribution in [3.05, 3.63) is 80.8 Å². The van der Waals surface area contributed by atoms with E-state index in [4.69, 9.17) is 0 Å². The second-order valence-corrected chi connectivity index (χ2v) is 11.3. The van der Waals surface area contributed by atoms with Crippen molar-refractivity contribution in [1.29, 1.82) is 0 Å². The van der Waals surface area contributed by atoms with Gasteiger partial charge >= 0.3 is 6.18 Å². The molecule has 0 fully saturated rings. The number of alkyl halides is 3. The Labute approximate surface area is 221 Å². The standard InChI is InChI=1S/C26H26F3N5OS2/c1-14(2)24(20-9-10-21(37-20)25(35)30-13-22-31-33-34-32-22)36-19-11-15(3)23(16(4)12-19)17-5-7-18(8-6-17)26(27,28)29/h5-12,14,24H,13H2,1-4H3,(H,30,35)(H,31,32,33,34). The summed E-state index contributed by atoms with van der Waals surface area (Å²) in [4.78, 5) is 15.4. The van der Waals surface area contributed by atoms with Gasteiger partial charge in [-0.3, -0.25) is 4.79 Å². The molecule has 4 aromatic rings. The first-order valence-corrected chi connectivity index (χ1v) is 13.3. The number of rotatable bonds is 8. The van der Waals surface area contributed by atoms with E-state index in [1.807, 2.05) is 26.0 Å². The topological polar surface area (TPSA) is 83.6 Å². The van der Waals surface area contributed by atoms with Gasteiger partial charge in [-0.1, -0.05) is 31.2 Å². The smallest absolute Gasteiger partial charge is 0.344 e. The summed E-state index contributed by atoms with van der Waals surface area (Å²) >= 11 is 3.18. The predicted molar refractivity (Wildman–Crippen MR) is 139 cm³/mol. The summed E-state index contributed by atoms with van der Waals surface area (Å²) in [6, 6.07) is 13.3. The Morgan fingerprint density at radius 3 is 2.32 bits per heavy atom. The van der Waals surface area contributed by atoms with Crippen molar-refractivity contribution in [2.45, 2.75) is 50.6 Å². The molecule has 1 unspecified atom stereocenters. The number of carbonyl (C=O) groups excluding carboxylic acids is 1. The third-order valence-corrected chi connectivity index (χ3v) is 8.68. The normalized spacial score (nSPS) is 12.6. The SMILES string of the molecule is Cc1cc(SC(c2ccc(C(=O)NCc3nn[nH]n3)s2)C(C)C)cc(C)c1-c1ccc(C(F)(F)F)cc1. The molecular weight excluding hydrogens is 519 g/mol. The van der Waals surface area contributed by atoms with Crippen LogP contribution in [0.15, 0.2) is 53.4 Å². The molecular formula is C26H26F3N5OS2. The Hall–Kier alpha value is -3.18. The molecule has 194 valence electrons. The number of aromatic nitrogens is 4. The summed E-state index contributed by atoms with van der Waals surface area (Å²) < 4.78 is 38.9. The molecule has 0 saturated heterocycles. The van der Waals surface area contributed by atoms with Crippen LogP contribution in [0.5, 0.6) is 0 Å².